The summed E-state index contributed by atoms with van der Waals surface area (Å²) in [4.78, 5) is 29.5. The quantitative estimate of drug-likeness (QED) is 0.595. The third kappa shape index (κ3) is 3.13. The molecule has 6 nitrogen and oxygen atoms in total. The molecule has 17 heavy (non-hydrogen) atoms. The number of hydrogen-bond donors (Lipinski definition) is 3. The average molecular weight is 236 g/mol. The van der Waals surface area contributed by atoms with Gasteiger partial charge in [-0.2, -0.15) is 0 Å². The Morgan fingerprint density at radius 3 is 3.18 bits per heavy atom. The average Bonchev–Trinajstić information content (AvgIpc) is 3.00. The maximum absolute atomic E-state index is 11.8. The van der Waals surface area contributed by atoms with E-state index in [-0.39, 0.29) is 11.9 Å². The predicted molar refractivity (Wildman–Crippen MR) is 61.3 cm³/mol. The molecule has 1 aliphatic heterocycles. The van der Waals surface area contributed by atoms with Crippen molar-refractivity contribution in [2.24, 2.45) is 0 Å². The molecule has 0 bridgehead atoms. The van der Waals surface area contributed by atoms with E-state index in [0.29, 0.717) is 6.42 Å². The molecule has 1 aliphatic rings. The van der Waals surface area contributed by atoms with Crippen LogP contribution >= 0.6 is 0 Å². The fourth-order valence-corrected chi connectivity index (χ4v) is 1.96. The molecule has 1 unspecified atom stereocenters. The van der Waals surface area contributed by atoms with E-state index >= 15 is 0 Å². The minimum Gasteiger partial charge on any atom is -0.348 e. The zero-order valence-electron chi connectivity index (χ0n) is 9.48. The van der Waals surface area contributed by atoms with Crippen LogP contribution in [0.25, 0.3) is 0 Å². The summed E-state index contributed by atoms with van der Waals surface area (Å²) in [6, 6.07) is -0.649. The standard InChI is InChI=1S/C11H16N4O2/c16-6-9(4-8-5-12-7-14-8)15-11(17)10-2-1-3-13-10/h5-7,9-10,13H,1-4H2,(H,12,14)(H,15,17)/t9-,10?/m1/s1. The number of hydrogen-bond acceptors (Lipinski definition) is 4. The number of rotatable bonds is 5. The lowest BCUT2D eigenvalue weighted by atomic mass is 10.1. The van der Waals surface area contributed by atoms with Crippen molar-refractivity contribution in [1.29, 1.82) is 0 Å². The van der Waals surface area contributed by atoms with Crippen molar-refractivity contribution >= 4 is 12.2 Å². The van der Waals surface area contributed by atoms with E-state index in [0.717, 1.165) is 31.4 Å². The van der Waals surface area contributed by atoms with Crippen LogP contribution in [-0.2, 0) is 16.0 Å². The highest BCUT2D eigenvalue weighted by molar-refractivity contribution is 5.84. The second-order valence-corrected chi connectivity index (χ2v) is 4.18. The number of amides is 1. The highest BCUT2D eigenvalue weighted by atomic mass is 16.2. The summed E-state index contributed by atoms with van der Waals surface area (Å²) in [6.45, 7) is 0.865. The number of nitrogens with one attached hydrogen (secondary N) is 3. The van der Waals surface area contributed by atoms with Gasteiger partial charge >= 0.3 is 0 Å². The Hall–Kier alpha value is -1.69. The highest BCUT2D eigenvalue weighted by Crippen LogP contribution is 2.05. The van der Waals surface area contributed by atoms with Gasteiger partial charge in [0.05, 0.1) is 18.4 Å². The summed E-state index contributed by atoms with van der Waals surface area (Å²) in [5.41, 5.74) is 0.835. The van der Waals surface area contributed by atoms with Crippen molar-refractivity contribution in [3.05, 3.63) is 18.2 Å². The molecule has 1 amide bonds. The molecule has 2 heterocycles. The van der Waals surface area contributed by atoms with Crippen molar-refractivity contribution < 1.29 is 9.59 Å². The monoisotopic (exact) mass is 236 g/mol. The number of aldehydes is 1. The number of carbonyl (C=O) groups is 2. The van der Waals surface area contributed by atoms with Gasteiger partial charge in [0, 0.05) is 18.3 Å². The van der Waals surface area contributed by atoms with Gasteiger partial charge in [-0.1, -0.05) is 0 Å². The fraction of sp³-hybridized carbons (Fsp3) is 0.545. The van der Waals surface area contributed by atoms with Gasteiger partial charge in [0.15, 0.2) is 0 Å². The molecule has 1 saturated heterocycles. The lowest BCUT2D eigenvalue weighted by Gasteiger charge is -2.15. The van der Waals surface area contributed by atoms with Crippen LogP contribution in [0.2, 0.25) is 0 Å². The first-order chi connectivity index (χ1) is 8.29. The summed E-state index contributed by atoms with van der Waals surface area (Å²) in [7, 11) is 0. The summed E-state index contributed by atoms with van der Waals surface area (Å²) in [5, 5.41) is 5.83. The third-order valence-electron chi connectivity index (χ3n) is 2.86. The molecule has 92 valence electrons. The zero-order valence-corrected chi connectivity index (χ0v) is 9.48. The number of aromatic nitrogens is 2. The van der Waals surface area contributed by atoms with Crippen molar-refractivity contribution in [3.63, 3.8) is 0 Å². The van der Waals surface area contributed by atoms with Gasteiger partial charge in [0.25, 0.3) is 0 Å². The topological polar surface area (TPSA) is 86.9 Å². The first-order valence-electron chi connectivity index (χ1n) is 5.76. The molecular weight excluding hydrogens is 220 g/mol. The Kier molecular flexibility index (Phi) is 3.87. The molecule has 0 spiro atoms. The number of H-pyrrole nitrogens is 1. The number of imidazole rings is 1. The Labute approximate surface area is 99.2 Å². The van der Waals surface area contributed by atoms with Crippen LogP contribution in [-0.4, -0.2) is 40.8 Å². The molecule has 0 saturated carbocycles. The van der Waals surface area contributed by atoms with Gasteiger partial charge in [0.2, 0.25) is 5.91 Å². The molecule has 3 N–H and O–H groups in total. The van der Waals surface area contributed by atoms with Crippen LogP contribution in [0.4, 0.5) is 0 Å². The predicted octanol–water partition coefficient (Wildman–Crippen LogP) is -0.612. The van der Waals surface area contributed by atoms with Crippen molar-refractivity contribution in [2.45, 2.75) is 31.3 Å². The third-order valence-corrected chi connectivity index (χ3v) is 2.86. The highest BCUT2D eigenvalue weighted by Gasteiger charge is 2.24. The number of nitrogens with zero attached hydrogens (tertiary/aromatic N) is 1. The Bertz CT molecular complexity index is 371. The normalized spacial score (nSPS) is 21.1. The summed E-state index contributed by atoms with van der Waals surface area (Å²) >= 11 is 0. The number of aromatic amines is 1. The molecule has 0 aromatic carbocycles. The molecule has 0 radical (unpaired) electrons. The summed E-state index contributed by atoms with van der Waals surface area (Å²) in [5.74, 6) is -0.0980. The van der Waals surface area contributed by atoms with Gasteiger partial charge in [-0.25, -0.2) is 4.98 Å². The van der Waals surface area contributed by atoms with Crippen LogP contribution in [0.5, 0.6) is 0 Å². The Morgan fingerprint density at radius 1 is 1.71 bits per heavy atom. The van der Waals surface area contributed by atoms with Crippen LogP contribution in [0, 0.1) is 0 Å². The smallest absolute Gasteiger partial charge is 0.237 e. The first kappa shape index (κ1) is 11.8. The van der Waals surface area contributed by atoms with E-state index in [1.54, 1.807) is 12.5 Å². The van der Waals surface area contributed by atoms with Gasteiger partial charge in [-0.05, 0) is 19.4 Å². The lowest BCUT2D eigenvalue weighted by molar-refractivity contribution is -0.125. The molecular formula is C11H16N4O2. The Balaban J connectivity index is 1.86. The van der Waals surface area contributed by atoms with E-state index in [2.05, 4.69) is 20.6 Å². The largest absolute Gasteiger partial charge is 0.348 e. The Morgan fingerprint density at radius 2 is 2.59 bits per heavy atom. The van der Waals surface area contributed by atoms with Gasteiger partial charge < -0.3 is 20.4 Å². The van der Waals surface area contributed by atoms with Gasteiger partial charge in [-0.3, -0.25) is 4.79 Å². The molecule has 6 heteroatoms. The van der Waals surface area contributed by atoms with E-state index in [4.69, 9.17) is 0 Å². The fourth-order valence-electron chi connectivity index (χ4n) is 1.96. The molecule has 1 fully saturated rings. The molecule has 2 atom stereocenters. The second-order valence-electron chi connectivity index (χ2n) is 4.18. The minimum atomic E-state index is -0.495. The van der Waals surface area contributed by atoms with Crippen molar-refractivity contribution in [3.8, 4) is 0 Å². The maximum atomic E-state index is 11.8. The van der Waals surface area contributed by atoms with Crippen LogP contribution in [0.3, 0.4) is 0 Å². The maximum Gasteiger partial charge on any atom is 0.237 e. The van der Waals surface area contributed by atoms with Crippen LogP contribution in [0.1, 0.15) is 18.5 Å². The summed E-state index contributed by atoms with van der Waals surface area (Å²) in [6.07, 6.45) is 6.25. The SMILES string of the molecule is O=C[C@@H](Cc1cnc[nH]1)NC(=O)C1CCCN1. The van der Waals surface area contributed by atoms with Crippen LogP contribution in [0.15, 0.2) is 12.5 Å². The first-order valence-corrected chi connectivity index (χ1v) is 5.76. The van der Waals surface area contributed by atoms with E-state index in [9.17, 15) is 9.59 Å². The number of carbonyl (C=O) groups excluding carboxylic acids is 2. The molecule has 1 aromatic heterocycles. The van der Waals surface area contributed by atoms with Crippen molar-refractivity contribution in [2.75, 3.05) is 6.54 Å². The van der Waals surface area contributed by atoms with Crippen LogP contribution < -0.4 is 10.6 Å². The van der Waals surface area contributed by atoms with E-state index < -0.39 is 6.04 Å². The lowest BCUT2D eigenvalue weighted by Crippen LogP contribution is -2.46. The second kappa shape index (κ2) is 5.58. The van der Waals surface area contributed by atoms with Gasteiger partial charge in [0.1, 0.15) is 6.29 Å². The minimum absolute atomic E-state index is 0.0980. The zero-order chi connectivity index (χ0) is 12.1. The summed E-state index contributed by atoms with van der Waals surface area (Å²) < 4.78 is 0. The van der Waals surface area contributed by atoms with Crippen molar-refractivity contribution in [1.82, 2.24) is 20.6 Å². The van der Waals surface area contributed by atoms with Gasteiger partial charge in [-0.15, -0.1) is 0 Å². The molecule has 1 aromatic rings. The molecule has 0 aliphatic carbocycles. The molecule has 2 rings (SSSR count). The van der Waals surface area contributed by atoms with E-state index in [1.165, 1.54) is 0 Å². The van der Waals surface area contributed by atoms with E-state index in [1.807, 2.05) is 0 Å².